The van der Waals surface area contributed by atoms with Gasteiger partial charge in [0.1, 0.15) is 5.75 Å². The monoisotopic (exact) mass is 245 g/mol. The van der Waals surface area contributed by atoms with E-state index in [0.29, 0.717) is 12.1 Å². The molecule has 1 N–H and O–H groups in total. The van der Waals surface area contributed by atoms with Crippen LogP contribution in [0.2, 0.25) is 0 Å². The third kappa shape index (κ3) is 2.39. The summed E-state index contributed by atoms with van der Waals surface area (Å²) in [5.74, 6) is 2.03. The summed E-state index contributed by atoms with van der Waals surface area (Å²) in [5, 5.41) is 3.82. The minimum atomic E-state index is 0.470. The van der Waals surface area contributed by atoms with E-state index < -0.39 is 0 Å². The Kier molecular flexibility index (Phi) is 3.29. The number of ether oxygens (including phenoxy) is 1. The predicted molar refractivity (Wildman–Crippen MR) is 74.0 cm³/mol. The van der Waals surface area contributed by atoms with E-state index in [0.717, 1.165) is 24.7 Å². The zero-order valence-electron chi connectivity index (χ0n) is 11.4. The molecule has 2 nitrogen and oxygen atoms in total. The predicted octanol–water partition coefficient (Wildman–Crippen LogP) is 3.60. The molecule has 0 amide bonds. The molecule has 0 saturated heterocycles. The molecule has 1 aromatic carbocycles. The van der Waals surface area contributed by atoms with Crippen molar-refractivity contribution in [2.24, 2.45) is 5.92 Å². The standard InChI is InChI=1S/C16H23NO/c1-11-5-3-6-14-15(7-4-10-18-16(11)14)17-12(2)13-8-9-13/h3,5-6,12-13,15,17H,4,7-10H2,1-2H3. The van der Waals surface area contributed by atoms with Gasteiger partial charge in [0.05, 0.1) is 6.61 Å². The molecule has 1 heterocycles. The fraction of sp³-hybridized carbons (Fsp3) is 0.625. The first kappa shape index (κ1) is 12.0. The van der Waals surface area contributed by atoms with Crippen LogP contribution in [0, 0.1) is 12.8 Å². The number of fused-ring (bicyclic) bond motifs is 1. The molecule has 1 fully saturated rings. The van der Waals surface area contributed by atoms with Crippen molar-refractivity contribution in [3.63, 3.8) is 0 Å². The van der Waals surface area contributed by atoms with Gasteiger partial charge >= 0.3 is 0 Å². The molecule has 1 aliphatic carbocycles. The quantitative estimate of drug-likeness (QED) is 0.878. The first-order valence-corrected chi connectivity index (χ1v) is 7.24. The van der Waals surface area contributed by atoms with Gasteiger partial charge in [0.15, 0.2) is 0 Å². The second-order valence-corrected chi connectivity index (χ2v) is 5.83. The lowest BCUT2D eigenvalue weighted by atomic mass is 9.98. The molecule has 2 aliphatic rings. The maximum absolute atomic E-state index is 5.93. The third-order valence-electron chi connectivity index (χ3n) is 4.29. The number of rotatable bonds is 3. The van der Waals surface area contributed by atoms with E-state index in [2.05, 4.69) is 37.4 Å². The minimum Gasteiger partial charge on any atom is -0.493 e. The Balaban J connectivity index is 1.83. The Bertz CT molecular complexity index is 425. The van der Waals surface area contributed by atoms with E-state index >= 15 is 0 Å². The van der Waals surface area contributed by atoms with E-state index in [4.69, 9.17) is 4.74 Å². The molecular weight excluding hydrogens is 222 g/mol. The van der Waals surface area contributed by atoms with Gasteiger partial charge in [0, 0.05) is 17.6 Å². The van der Waals surface area contributed by atoms with Crippen LogP contribution in [0.5, 0.6) is 5.75 Å². The van der Waals surface area contributed by atoms with E-state index in [1.54, 1.807) is 0 Å². The van der Waals surface area contributed by atoms with E-state index in [1.165, 1.54) is 30.4 Å². The van der Waals surface area contributed by atoms with Crippen molar-refractivity contribution < 1.29 is 4.74 Å². The van der Waals surface area contributed by atoms with Crippen molar-refractivity contribution in [1.29, 1.82) is 0 Å². The second-order valence-electron chi connectivity index (χ2n) is 5.83. The van der Waals surface area contributed by atoms with Crippen LogP contribution in [-0.2, 0) is 0 Å². The Morgan fingerprint density at radius 3 is 2.89 bits per heavy atom. The van der Waals surface area contributed by atoms with Crippen molar-refractivity contribution in [1.82, 2.24) is 5.32 Å². The lowest BCUT2D eigenvalue weighted by Crippen LogP contribution is -2.32. The smallest absolute Gasteiger partial charge is 0.126 e. The summed E-state index contributed by atoms with van der Waals surface area (Å²) in [6.07, 6.45) is 5.13. The van der Waals surface area contributed by atoms with E-state index in [1.807, 2.05) is 0 Å². The number of benzene rings is 1. The molecule has 3 rings (SSSR count). The number of hydrogen-bond donors (Lipinski definition) is 1. The highest BCUT2D eigenvalue weighted by molar-refractivity contribution is 5.43. The normalized spacial score (nSPS) is 24.9. The molecule has 0 radical (unpaired) electrons. The van der Waals surface area contributed by atoms with Gasteiger partial charge in [0.25, 0.3) is 0 Å². The van der Waals surface area contributed by atoms with Crippen molar-refractivity contribution in [2.45, 2.75) is 51.6 Å². The summed E-state index contributed by atoms with van der Waals surface area (Å²) >= 11 is 0. The molecule has 1 aliphatic heterocycles. The van der Waals surface area contributed by atoms with Crippen molar-refractivity contribution in [2.75, 3.05) is 6.61 Å². The number of nitrogens with one attached hydrogen (secondary N) is 1. The highest BCUT2D eigenvalue weighted by Gasteiger charge is 2.30. The molecular formula is C16H23NO. The molecule has 1 saturated carbocycles. The van der Waals surface area contributed by atoms with Gasteiger partial charge < -0.3 is 10.1 Å². The average molecular weight is 245 g/mol. The first-order chi connectivity index (χ1) is 8.75. The lowest BCUT2D eigenvalue weighted by Gasteiger charge is -2.23. The van der Waals surface area contributed by atoms with Crippen LogP contribution >= 0.6 is 0 Å². The van der Waals surface area contributed by atoms with Crippen molar-refractivity contribution >= 4 is 0 Å². The average Bonchev–Trinajstić information content (AvgIpc) is 3.17. The molecule has 1 aromatic rings. The summed E-state index contributed by atoms with van der Waals surface area (Å²) in [6, 6.07) is 7.63. The third-order valence-corrected chi connectivity index (χ3v) is 4.29. The van der Waals surface area contributed by atoms with Gasteiger partial charge in [-0.05, 0) is 51.0 Å². The fourth-order valence-electron chi connectivity index (χ4n) is 2.99. The maximum atomic E-state index is 5.93. The Labute approximate surface area is 110 Å². The first-order valence-electron chi connectivity index (χ1n) is 7.24. The van der Waals surface area contributed by atoms with Crippen LogP contribution < -0.4 is 10.1 Å². The van der Waals surface area contributed by atoms with Gasteiger partial charge in [-0.1, -0.05) is 18.2 Å². The van der Waals surface area contributed by atoms with Gasteiger partial charge in [-0.25, -0.2) is 0 Å². The molecule has 0 aromatic heterocycles. The molecule has 98 valence electrons. The molecule has 2 atom stereocenters. The number of para-hydroxylation sites is 1. The molecule has 0 spiro atoms. The summed E-state index contributed by atoms with van der Waals surface area (Å²) in [4.78, 5) is 0. The summed E-state index contributed by atoms with van der Waals surface area (Å²) in [7, 11) is 0. The van der Waals surface area contributed by atoms with Crippen molar-refractivity contribution in [3.05, 3.63) is 29.3 Å². The summed E-state index contributed by atoms with van der Waals surface area (Å²) in [6.45, 7) is 5.33. The Morgan fingerprint density at radius 2 is 2.11 bits per heavy atom. The fourth-order valence-corrected chi connectivity index (χ4v) is 2.99. The molecule has 2 heteroatoms. The van der Waals surface area contributed by atoms with E-state index in [9.17, 15) is 0 Å². The largest absolute Gasteiger partial charge is 0.493 e. The van der Waals surface area contributed by atoms with Crippen LogP contribution in [0.15, 0.2) is 18.2 Å². The van der Waals surface area contributed by atoms with Gasteiger partial charge in [-0.3, -0.25) is 0 Å². The second kappa shape index (κ2) is 4.93. The molecule has 0 bridgehead atoms. The van der Waals surface area contributed by atoms with E-state index in [-0.39, 0.29) is 0 Å². The van der Waals surface area contributed by atoms with Gasteiger partial charge in [-0.15, -0.1) is 0 Å². The zero-order valence-corrected chi connectivity index (χ0v) is 11.4. The highest BCUT2D eigenvalue weighted by atomic mass is 16.5. The Morgan fingerprint density at radius 1 is 1.28 bits per heavy atom. The van der Waals surface area contributed by atoms with Crippen molar-refractivity contribution in [3.8, 4) is 5.75 Å². The molecule has 2 unspecified atom stereocenters. The topological polar surface area (TPSA) is 21.3 Å². The van der Waals surface area contributed by atoms with Gasteiger partial charge in [0.2, 0.25) is 0 Å². The molecule has 18 heavy (non-hydrogen) atoms. The number of hydrogen-bond acceptors (Lipinski definition) is 2. The van der Waals surface area contributed by atoms with Crippen LogP contribution in [0.4, 0.5) is 0 Å². The Hall–Kier alpha value is -1.02. The SMILES string of the molecule is Cc1cccc2c1OCCCC2NC(C)C1CC1. The maximum Gasteiger partial charge on any atom is 0.126 e. The van der Waals surface area contributed by atoms with Crippen LogP contribution in [0.25, 0.3) is 0 Å². The van der Waals surface area contributed by atoms with Gasteiger partial charge in [-0.2, -0.15) is 0 Å². The summed E-state index contributed by atoms with van der Waals surface area (Å²) in [5.41, 5.74) is 2.63. The summed E-state index contributed by atoms with van der Waals surface area (Å²) < 4.78 is 5.93. The zero-order chi connectivity index (χ0) is 12.5. The highest BCUT2D eigenvalue weighted by Crippen LogP contribution is 2.37. The van der Waals surface area contributed by atoms with Crippen LogP contribution in [0.3, 0.4) is 0 Å². The minimum absolute atomic E-state index is 0.470. The number of aryl methyl sites for hydroxylation is 1. The van der Waals surface area contributed by atoms with Crippen LogP contribution in [0.1, 0.15) is 49.8 Å². The lowest BCUT2D eigenvalue weighted by molar-refractivity contribution is 0.312. The van der Waals surface area contributed by atoms with Crippen LogP contribution in [-0.4, -0.2) is 12.6 Å².